The lowest BCUT2D eigenvalue weighted by molar-refractivity contribution is -0.137. The summed E-state index contributed by atoms with van der Waals surface area (Å²) in [6, 6.07) is 2.34. The Labute approximate surface area is 164 Å². The minimum absolute atomic E-state index is 0.0536. The maximum absolute atomic E-state index is 13.3. The van der Waals surface area contributed by atoms with Gasteiger partial charge in [-0.1, -0.05) is 0 Å². The number of amides is 1. The van der Waals surface area contributed by atoms with Crippen molar-refractivity contribution in [3.8, 4) is 0 Å². The Morgan fingerprint density at radius 1 is 1.25 bits per heavy atom. The summed E-state index contributed by atoms with van der Waals surface area (Å²) < 4.78 is 39.8. The largest absolute Gasteiger partial charge is 0.419 e. The number of carbonyl (C=O) groups excluding carboxylic acids is 1. The van der Waals surface area contributed by atoms with Crippen LogP contribution in [-0.2, 0) is 11.0 Å². The van der Waals surface area contributed by atoms with Crippen molar-refractivity contribution in [3.05, 3.63) is 23.9 Å². The van der Waals surface area contributed by atoms with Gasteiger partial charge in [0.05, 0.1) is 11.5 Å². The SMILES string of the molecule is CN1CCC(CCNC(=O)C2CCCN(c3ncccc3C(F)(F)F)C2)CC1. The Kier molecular flexibility index (Phi) is 6.80. The van der Waals surface area contributed by atoms with E-state index in [0.717, 1.165) is 38.4 Å². The van der Waals surface area contributed by atoms with Gasteiger partial charge in [0.25, 0.3) is 0 Å². The van der Waals surface area contributed by atoms with Gasteiger partial charge in [-0.25, -0.2) is 4.98 Å². The van der Waals surface area contributed by atoms with Gasteiger partial charge in [0.1, 0.15) is 5.82 Å². The first-order valence-corrected chi connectivity index (χ1v) is 10.1. The highest BCUT2D eigenvalue weighted by molar-refractivity contribution is 5.79. The molecule has 0 saturated carbocycles. The second kappa shape index (κ2) is 9.11. The Balaban J connectivity index is 1.53. The molecule has 1 aromatic rings. The van der Waals surface area contributed by atoms with Crippen LogP contribution in [0.2, 0.25) is 0 Å². The lowest BCUT2D eigenvalue weighted by atomic mass is 9.93. The number of carbonyl (C=O) groups is 1. The normalized spacial score (nSPS) is 22.3. The van der Waals surface area contributed by atoms with Crippen molar-refractivity contribution < 1.29 is 18.0 Å². The van der Waals surface area contributed by atoms with Crippen LogP contribution in [0.25, 0.3) is 0 Å². The molecule has 1 aromatic heterocycles. The molecule has 0 radical (unpaired) electrons. The smallest absolute Gasteiger partial charge is 0.356 e. The summed E-state index contributed by atoms with van der Waals surface area (Å²) in [6.07, 6.45) is 1.58. The number of aromatic nitrogens is 1. The molecule has 0 aromatic carbocycles. The number of nitrogens with zero attached hydrogens (tertiary/aromatic N) is 3. The van der Waals surface area contributed by atoms with Crippen molar-refractivity contribution in [2.45, 2.75) is 38.3 Å². The van der Waals surface area contributed by atoms with E-state index < -0.39 is 11.7 Å². The number of piperidine rings is 2. The van der Waals surface area contributed by atoms with Gasteiger partial charge in [-0.3, -0.25) is 4.79 Å². The van der Waals surface area contributed by atoms with E-state index >= 15 is 0 Å². The first-order chi connectivity index (χ1) is 13.3. The van der Waals surface area contributed by atoms with Crippen molar-refractivity contribution in [2.75, 3.05) is 44.7 Å². The highest BCUT2D eigenvalue weighted by Gasteiger charge is 2.37. The molecule has 2 saturated heterocycles. The molecule has 1 unspecified atom stereocenters. The fourth-order valence-corrected chi connectivity index (χ4v) is 4.15. The molecule has 5 nitrogen and oxygen atoms in total. The van der Waals surface area contributed by atoms with Crippen LogP contribution >= 0.6 is 0 Å². The third kappa shape index (κ3) is 5.37. The molecule has 2 fully saturated rings. The molecular weight excluding hydrogens is 369 g/mol. The maximum Gasteiger partial charge on any atom is 0.419 e. The molecule has 2 aliphatic heterocycles. The summed E-state index contributed by atoms with van der Waals surface area (Å²) in [6.45, 7) is 3.60. The lowest BCUT2D eigenvalue weighted by Gasteiger charge is -2.34. The number of hydrogen-bond donors (Lipinski definition) is 1. The molecule has 28 heavy (non-hydrogen) atoms. The quantitative estimate of drug-likeness (QED) is 0.828. The first-order valence-electron chi connectivity index (χ1n) is 10.1. The molecule has 1 atom stereocenters. The fraction of sp³-hybridized carbons (Fsp3) is 0.700. The van der Waals surface area contributed by atoms with Gasteiger partial charge in [0.15, 0.2) is 0 Å². The minimum Gasteiger partial charge on any atom is -0.356 e. The van der Waals surface area contributed by atoms with Crippen LogP contribution in [0, 0.1) is 11.8 Å². The molecule has 0 bridgehead atoms. The topological polar surface area (TPSA) is 48.5 Å². The van der Waals surface area contributed by atoms with E-state index in [0.29, 0.717) is 31.8 Å². The van der Waals surface area contributed by atoms with E-state index in [4.69, 9.17) is 0 Å². The number of halogens is 3. The van der Waals surface area contributed by atoms with E-state index in [9.17, 15) is 18.0 Å². The van der Waals surface area contributed by atoms with Crippen molar-refractivity contribution in [3.63, 3.8) is 0 Å². The van der Waals surface area contributed by atoms with Crippen LogP contribution < -0.4 is 10.2 Å². The van der Waals surface area contributed by atoms with Crippen LogP contribution in [0.1, 0.15) is 37.7 Å². The molecule has 156 valence electrons. The molecule has 8 heteroatoms. The van der Waals surface area contributed by atoms with E-state index in [1.807, 2.05) is 0 Å². The third-order valence-electron chi connectivity index (χ3n) is 5.87. The highest BCUT2D eigenvalue weighted by atomic mass is 19.4. The van der Waals surface area contributed by atoms with Gasteiger partial charge in [0.2, 0.25) is 5.91 Å². The van der Waals surface area contributed by atoms with E-state index in [-0.39, 0.29) is 24.2 Å². The molecule has 0 spiro atoms. The summed E-state index contributed by atoms with van der Waals surface area (Å²) >= 11 is 0. The summed E-state index contributed by atoms with van der Waals surface area (Å²) in [4.78, 5) is 20.4. The zero-order valence-electron chi connectivity index (χ0n) is 16.3. The summed E-state index contributed by atoms with van der Waals surface area (Å²) in [5, 5.41) is 3.01. The monoisotopic (exact) mass is 398 g/mol. The predicted octanol–water partition coefficient (Wildman–Crippen LogP) is 3.16. The molecule has 3 rings (SSSR count). The van der Waals surface area contributed by atoms with Crippen LogP contribution in [0.4, 0.5) is 19.0 Å². The van der Waals surface area contributed by atoms with Crippen molar-refractivity contribution in [1.82, 2.24) is 15.2 Å². The Morgan fingerprint density at radius 3 is 2.71 bits per heavy atom. The van der Waals surface area contributed by atoms with Crippen molar-refractivity contribution >= 4 is 11.7 Å². The average Bonchev–Trinajstić information content (AvgIpc) is 2.69. The van der Waals surface area contributed by atoms with Gasteiger partial charge in [0, 0.05) is 25.8 Å². The van der Waals surface area contributed by atoms with Gasteiger partial charge in [-0.05, 0) is 70.3 Å². The Morgan fingerprint density at radius 2 is 2.00 bits per heavy atom. The first kappa shape index (κ1) is 20.9. The van der Waals surface area contributed by atoms with Gasteiger partial charge in [-0.15, -0.1) is 0 Å². The highest BCUT2D eigenvalue weighted by Crippen LogP contribution is 2.36. The van der Waals surface area contributed by atoms with Crippen LogP contribution in [0.15, 0.2) is 18.3 Å². The van der Waals surface area contributed by atoms with E-state index in [1.54, 1.807) is 4.90 Å². The van der Waals surface area contributed by atoms with E-state index in [2.05, 4.69) is 22.2 Å². The van der Waals surface area contributed by atoms with E-state index in [1.165, 1.54) is 12.3 Å². The number of pyridine rings is 1. The van der Waals surface area contributed by atoms with Gasteiger partial charge in [-0.2, -0.15) is 13.2 Å². The molecule has 1 amide bonds. The number of rotatable bonds is 5. The molecular formula is C20H29F3N4O. The lowest BCUT2D eigenvalue weighted by Crippen LogP contribution is -2.44. The summed E-state index contributed by atoms with van der Waals surface area (Å²) in [5.74, 6) is 0.220. The number of hydrogen-bond acceptors (Lipinski definition) is 4. The number of alkyl halides is 3. The maximum atomic E-state index is 13.3. The number of nitrogens with one attached hydrogen (secondary N) is 1. The molecule has 0 aliphatic carbocycles. The minimum atomic E-state index is -4.45. The molecule has 3 heterocycles. The van der Waals surface area contributed by atoms with Gasteiger partial charge < -0.3 is 15.1 Å². The zero-order valence-corrected chi connectivity index (χ0v) is 16.3. The fourth-order valence-electron chi connectivity index (χ4n) is 4.15. The Bertz CT molecular complexity index is 659. The predicted molar refractivity (Wildman–Crippen MR) is 102 cm³/mol. The average molecular weight is 398 g/mol. The molecule has 2 aliphatic rings. The zero-order chi connectivity index (χ0) is 20.1. The van der Waals surface area contributed by atoms with Crippen LogP contribution in [0.5, 0.6) is 0 Å². The second-order valence-electron chi connectivity index (χ2n) is 7.98. The standard InChI is InChI=1S/C20H29F3N4O/c1-26-12-7-15(8-13-26)6-10-25-19(28)16-4-3-11-27(14-16)18-17(20(21,22)23)5-2-9-24-18/h2,5,9,15-16H,3-4,6-8,10-14H2,1H3,(H,25,28). The third-order valence-corrected chi connectivity index (χ3v) is 5.87. The number of anilines is 1. The van der Waals surface area contributed by atoms with Crippen LogP contribution in [0.3, 0.4) is 0 Å². The van der Waals surface area contributed by atoms with Crippen molar-refractivity contribution in [2.24, 2.45) is 11.8 Å². The van der Waals surface area contributed by atoms with Gasteiger partial charge >= 0.3 is 6.18 Å². The molecule has 1 N–H and O–H groups in total. The van der Waals surface area contributed by atoms with Crippen LogP contribution in [-0.4, -0.2) is 55.6 Å². The summed E-state index contributed by atoms with van der Waals surface area (Å²) in [5.41, 5.74) is -0.738. The Hall–Kier alpha value is -1.83. The second-order valence-corrected chi connectivity index (χ2v) is 7.98. The van der Waals surface area contributed by atoms with Crippen molar-refractivity contribution in [1.29, 1.82) is 0 Å². The number of likely N-dealkylation sites (tertiary alicyclic amines) is 1. The summed E-state index contributed by atoms with van der Waals surface area (Å²) in [7, 11) is 2.12.